The molecule has 37 heavy (non-hydrogen) atoms. The topological polar surface area (TPSA) is 105 Å². The number of rotatable bonds is 2. The van der Waals surface area contributed by atoms with Gasteiger partial charge >= 0.3 is 0 Å². The summed E-state index contributed by atoms with van der Waals surface area (Å²) in [4.78, 5) is 40.5. The number of aryl methyl sites for hydroxylation is 1. The highest BCUT2D eigenvalue weighted by atomic mass is 16.5. The molecule has 2 N–H and O–H groups in total. The molecule has 0 atom stereocenters. The lowest BCUT2D eigenvalue weighted by atomic mass is 9.82. The second-order valence-electron chi connectivity index (χ2n) is 10.4. The molecule has 1 fully saturated rings. The fourth-order valence-electron chi connectivity index (χ4n) is 5.93. The van der Waals surface area contributed by atoms with Gasteiger partial charge in [-0.05, 0) is 43.8 Å². The van der Waals surface area contributed by atoms with E-state index >= 15 is 0 Å². The molecule has 9 heteroatoms. The number of pyridine rings is 1. The Morgan fingerprint density at radius 2 is 2.00 bits per heavy atom. The van der Waals surface area contributed by atoms with Gasteiger partial charge in [0.1, 0.15) is 22.8 Å². The molecule has 6 heterocycles. The molecule has 0 bridgehead atoms. The van der Waals surface area contributed by atoms with Crippen LogP contribution in [0.25, 0.3) is 22.2 Å². The Morgan fingerprint density at radius 3 is 2.86 bits per heavy atom. The SMILES string of the molecule is Cc1cn2c(n1)CN(C(=O)c1cnc3[nH]cc(-c4ccc5c(c4)OC4(CCNCC4)CC5=O)c3c1)CC2. The number of imidazole rings is 1. The molecule has 1 aromatic carbocycles. The third-order valence-electron chi connectivity index (χ3n) is 7.90. The number of piperidine rings is 1. The van der Waals surface area contributed by atoms with Crippen LogP contribution in [0.3, 0.4) is 0 Å². The van der Waals surface area contributed by atoms with Crippen LogP contribution in [0.1, 0.15) is 51.5 Å². The van der Waals surface area contributed by atoms with Gasteiger partial charge in [0.05, 0.1) is 29.8 Å². The molecule has 0 saturated carbocycles. The van der Waals surface area contributed by atoms with E-state index in [2.05, 4.69) is 24.8 Å². The van der Waals surface area contributed by atoms with Crippen molar-refractivity contribution in [3.05, 3.63) is 65.5 Å². The van der Waals surface area contributed by atoms with Crippen molar-refractivity contribution in [3.8, 4) is 16.9 Å². The summed E-state index contributed by atoms with van der Waals surface area (Å²) in [6, 6.07) is 7.67. The first-order valence-electron chi connectivity index (χ1n) is 12.8. The molecule has 1 spiro atoms. The number of hydrogen-bond acceptors (Lipinski definition) is 6. The number of carbonyl (C=O) groups is 2. The Kier molecular flexibility index (Phi) is 4.97. The van der Waals surface area contributed by atoms with E-state index in [1.807, 2.05) is 48.5 Å². The number of aromatic nitrogens is 4. The van der Waals surface area contributed by atoms with Gasteiger partial charge in [0.15, 0.2) is 5.78 Å². The predicted molar refractivity (Wildman–Crippen MR) is 138 cm³/mol. The molecule has 4 aromatic rings. The number of aromatic amines is 1. The molecule has 7 rings (SSSR count). The van der Waals surface area contributed by atoms with Crippen LogP contribution in [0, 0.1) is 6.92 Å². The van der Waals surface area contributed by atoms with Gasteiger partial charge in [-0.2, -0.15) is 0 Å². The van der Waals surface area contributed by atoms with Crippen molar-refractivity contribution in [3.63, 3.8) is 0 Å². The minimum absolute atomic E-state index is 0.0549. The number of ketones is 1. The van der Waals surface area contributed by atoms with E-state index < -0.39 is 5.60 Å². The van der Waals surface area contributed by atoms with E-state index in [9.17, 15) is 9.59 Å². The number of benzene rings is 1. The minimum atomic E-state index is -0.420. The number of fused-ring (bicyclic) bond motifs is 3. The van der Waals surface area contributed by atoms with E-state index in [1.165, 1.54) is 0 Å². The van der Waals surface area contributed by atoms with Crippen LogP contribution in [0.2, 0.25) is 0 Å². The molecule has 1 amide bonds. The number of H-pyrrole nitrogens is 1. The summed E-state index contributed by atoms with van der Waals surface area (Å²) in [6.45, 7) is 5.53. The zero-order chi connectivity index (χ0) is 25.1. The Hall–Kier alpha value is -3.98. The van der Waals surface area contributed by atoms with Crippen molar-refractivity contribution in [2.24, 2.45) is 0 Å². The van der Waals surface area contributed by atoms with Crippen molar-refractivity contribution in [1.82, 2.24) is 29.7 Å². The van der Waals surface area contributed by atoms with Gasteiger partial charge in [0.25, 0.3) is 5.91 Å². The molecule has 3 aromatic heterocycles. The third kappa shape index (κ3) is 3.72. The lowest BCUT2D eigenvalue weighted by Gasteiger charge is -2.41. The first kappa shape index (κ1) is 22.2. The molecular formula is C28H28N6O3. The van der Waals surface area contributed by atoms with Crippen LogP contribution < -0.4 is 10.1 Å². The highest BCUT2D eigenvalue weighted by molar-refractivity contribution is 6.03. The van der Waals surface area contributed by atoms with Crippen LogP contribution in [0.15, 0.2) is 42.9 Å². The van der Waals surface area contributed by atoms with Gasteiger partial charge in [-0.3, -0.25) is 9.59 Å². The number of amides is 1. The fraction of sp³-hybridized carbons (Fsp3) is 0.357. The van der Waals surface area contributed by atoms with E-state index in [-0.39, 0.29) is 11.7 Å². The zero-order valence-electron chi connectivity index (χ0n) is 20.7. The highest BCUT2D eigenvalue weighted by Crippen LogP contribution is 2.41. The minimum Gasteiger partial charge on any atom is -0.486 e. The van der Waals surface area contributed by atoms with Crippen molar-refractivity contribution >= 4 is 22.7 Å². The number of carbonyl (C=O) groups excluding carboxylic acids is 2. The predicted octanol–water partition coefficient (Wildman–Crippen LogP) is 3.48. The van der Waals surface area contributed by atoms with Gasteiger partial charge in [0.2, 0.25) is 0 Å². The fourth-order valence-corrected chi connectivity index (χ4v) is 5.93. The smallest absolute Gasteiger partial charge is 0.255 e. The van der Waals surface area contributed by atoms with Gasteiger partial charge in [-0.25, -0.2) is 9.97 Å². The molecule has 188 valence electrons. The maximum absolute atomic E-state index is 13.4. The van der Waals surface area contributed by atoms with Gasteiger partial charge < -0.3 is 24.5 Å². The van der Waals surface area contributed by atoms with Crippen LogP contribution in [-0.4, -0.2) is 61.3 Å². The average molecular weight is 497 g/mol. The normalized spacial score (nSPS) is 18.5. The Labute approximate surface area is 213 Å². The molecular weight excluding hydrogens is 468 g/mol. The number of Topliss-reactive ketones (excluding diaryl/α,β-unsaturated/α-hetero) is 1. The van der Waals surface area contributed by atoms with E-state index in [0.717, 1.165) is 60.5 Å². The average Bonchev–Trinajstić information content (AvgIpc) is 3.49. The van der Waals surface area contributed by atoms with Gasteiger partial charge in [-0.1, -0.05) is 6.07 Å². The molecule has 0 aliphatic carbocycles. The summed E-state index contributed by atoms with van der Waals surface area (Å²) in [5.41, 5.74) is 4.28. The monoisotopic (exact) mass is 496 g/mol. The summed E-state index contributed by atoms with van der Waals surface area (Å²) < 4.78 is 8.61. The second-order valence-corrected chi connectivity index (χ2v) is 10.4. The number of nitrogens with one attached hydrogen (secondary N) is 2. The van der Waals surface area contributed by atoms with Crippen LogP contribution in [-0.2, 0) is 13.1 Å². The molecule has 0 radical (unpaired) electrons. The van der Waals surface area contributed by atoms with Crippen LogP contribution in [0.5, 0.6) is 5.75 Å². The van der Waals surface area contributed by atoms with E-state index in [0.29, 0.717) is 42.0 Å². The number of ether oxygens (including phenoxy) is 1. The summed E-state index contributed by atoms with van der Waals surface area (Å²) in [7, 11) is 0. The van der Waals surface area contributed by atoms with Crippen molar-refractivity contribution in [1.29, 1.82) is 0 Å². The zero-order valence-corrected chi connectivity index (χ0v) is 20.7. The largest absolute Gasteiger partial charge is 0.486 e. The van der Waals surface area contributed by atoms with Gasteiger partial charge in [0, 0.05) is 55.5 Å². The Morgan fingerprint density at radius 1 is 1.14 bits per heavy atom. The Balaban J connectivity index is 1.21. The highest BCUT2D eigenvalue weighted by Gasteiger charge is 2.41. The lowest BCUT2D eigenvalue weighted by molar-refractivity contribution is 0.0188. The van der Waals surface area contributed by atoms with Crippen LogP contribution >= 0.6 is 0 Å². The summed E-state index contributed by atoms with van der Waals surface area (Å²) >= 11 is 0. The summed E-state index contributed by atoms with van der Waals surface area (Å²) in [5.74, 6) is 1.63. The summed E-state index contributed by atoms with van der Waals surface area (Å²) in [6.07, 6.45) is 7.63. The van der Waals surface area contributed by atoms with E-state index in [1.54, 1.807) is 6.20 Å². The molecule has 0 unspecified atom stereocenters. The second kappa shape index (κ2) is 8.27. The summed E-state index contributed by atoms with van der Waals surface area (Å²) in [5, 5.41) is 4.22. The quantitative estimate of drug-likeness (QED) is 0.440. The first-order valence-corrected chi connectivity index (χ1v) is 12.8. The third-order valence-corrected chi connectivity index (χ3v) is 7.90. The van der Waals surface area contributed by atoms with E-state index in [4.69, 9.17) is 4.74 Å². The molecule has 1 saturated heterocycles. The first-order chi connectivity index (χ1) is 18.0. The maximum atomic E-state index is 13.4. The molecule has 9 nitrogen and oxygen atoms in total. The van der Waals surface area contributed by atoms with Crippen molar-refractivity contribution in [2.45, 2.75) is 44.9 Å². The molecule has 3 aliphatic heterocycles. The van der Waals surface area contributed by atoms with Crippen molar-refractivity contribution < 1.29 is 14.3 Å². The maximum Gasteiger partial charge on any atom is 0.255 e. The molecule has 3 aliphatic rings. The standard InChI is InChI=1S/C28H28N6O3/c1-17-15-33-8-9-34(16-25(33)32-17)27(36)19-10-21-22(14-31-26(21)30-13-19)18-2-3-20-23(35)12-28(37-24(20)11-18)4-6-29-7-5-28/h2-3,10-11,13-15,29H,4-9,12,16H2,1H3,(H,30,31). The van der Waals surface area contributed by atoms with Crippen LogP contribution in [0.4, 0.5) is 0 Å². The lowest BCUT2D eigenvalue weighted by Crippen LogP contribution is -2.49. The number of hydrogen-bond donors (Lipinski definition) is 2. The van der Waals surface area contributed by atoms with Gasteiger partial charge in [-0.15, -0.1) is 0 Å². The van der Waals surface area contributed by atoms with Crippen molar-refractivity contribution in [2.75, 3.05) is 19.6 Å². The number of nitrogens with zero attached hydrogens (tertiary/aromatic N) is 4. The Bertz CT molecular complexity index is 1560.